The van der Waals surface area contributed by atoms with E-state index in [4.69, 9.17) is 16.3 Å². The summed E-state index contributed by atoms with van der Waals surface area (Å²) < 4.78 is 5.74. The van der Waals surface area contributed by atoms with Crippen molar-refractivity contribution in [3.05, 3.63) is 21.3 Å². The Balaban J connectivity index is 2.57. The Morgan fingerprint density at radius 3 is 2.59 bits per heavy atom. The van der Waals surface area contributed by atoms with Crippen LogP contribution in [0.3, 0.4) is 0 Å². The highest BCUT2D eigenvalue weighted by Gasteiger charge is 2.15. The zero-order valence-electron chi connectivity index (χ0n) is 10.2. The summed E-state index contributed by atoms with van der Waals surface area (Å²) in [7, 11) is 0. The first-order valence-corrected chi connectivity index (χ1v) is 6.26. The number of thiophene rings is 1. The minimum atomic E-state index is -0.570. The first-order chi connectivity index (χ1) is 7.78. The van der Waals surface area contributed by atoms with Crippen LogP contribution in [-0.2, 0) is 4.74 Å². The number of hydrazone groups is 1. The molecule has 1 rings (SSSR count). The van der Waals surface area contributed by atoms with Crippen molar-refractivity contribution in [2.45, 2.75) is 33.3 Å². The van der Waals surface area contributed by atoms with Crippen molar-refractivity contribution in [2.75, 3.05) is 0 Å². The van der Waals surface area contributed by atoms with E-state index in [2.05, 4.69) is 10.5 Å². The minimum absolute atomic E-state index is 0.528. The van der Waals surface area contributed by atoms with Crippen molar-refractivity contribution in [3.8, 4) is 0 Å². The minimum Gasteiger partial charge on any atom is -0.443 e. The van der Waals surface area contributed by atoms with Crippen LogP contribution in [0.4, 0.5) is 4.79 Å². The van der Waals surface area contributed by atoms with Gasteiger partial charge in [0.15, 0.2) is 0 Å². The maximum atomic E-state index is 11.3. The van der Waals surface area contributed by atoms with E-state index in [1.54, 1.807) is 33.8 Å². The van der Waals surface area contributed by atoms with Crippen molar-refractivity contribution in [1.82, 2.24) is 5.43 Å². The number of halogens is 1. The van der Waals surface area contributed by atoms with Crippen LogP contribution in [0, 0.1) is 0 Å². The van der Waals surface area contributed by atoms with E-state index in [1.807, 2.05) is 6.07 Å². The lowest BCUT2D eigenvalue weighted by molar-refractivity contribution is 0.0529. The summed E-state index contributed by atoms with van der Waals surface area (Å²) in [6.07, 6.45) is -0.570. The fourth-order valence-corrected chi connectivity index (χ4v) is 1.98. The number of hydrogen-bond acceptors (Lipinski definition) is 4. The number of amides is 1. The third-order valence-electron chi connectivity index (χ3n) is 1.64. The van der Waals surface area contributed by atoms with Crippen LogP contribution >= 0.6 is 22.9 Å². The van der Waals surface area contributed by atoms with E-state index < -0.39 is 11.7 Å². The number of nitrogens with one attached hydrogen (secondary N) is 1. The lowest BCUT2D eigenvalue weighted by atomic mass is 10.2. The molecule has 0 saturated carbocycles. The van der Waals surface area contributed by atoms with Crippen LogP contribution in [0.1, 0.15) is 32.6 Å². The standard InChI is InChI=1S/C11H15ClN2O2S/c1-7(8-5-6-9(12)17-8)13-14-10(15)16-11(2,3)4/h5-6H,1-4H3,(H,14,15)/b13-7-. The summed E-state index contributed by atoms with van der Waals surface area (Å²) in [6.45, 7) is 7.17. The Kier molecular flexibility index (Phi) is 4.54. The maximum absolute atomic E-state index is 11.3. The van der Waals surface area contributed by atoms with Gasteiger partial charge in [0.05, 0.1) is 14.9 Å². The molecule has 0 atom stereocenters. The molecular formula is C11H15ClN2O2S. The van der Waals surface area contributed by atoms with Crippen LogP contribution in [0.5, 0.6) is 0 Å². The Labute approximate surface area is 110 Å². The fraction of sp³-hybridized carbons (Fsp3) is 0.455. The van der Waals surface area contributed by atoms with Crippen molar-refractivity contribution in [1.29, 1.82) is 0 Å². The van der Waals surface area contributed by atoms with Gasteiger partial charge in [0.1, 0.15) is 5.60 Å². The fourth-order valence-electron chi connectivity index (χ4n) is 0.994. The van der Waals surface area contributed by atoms with Gasteiger partial charge in [0.25, 0.3) is 0 Å². The van der Waals surface area contributed by atoms with Crippen molar-refractivity contribution in [2.24, 2.45) is 5.10 Å². The molecule has 1 aromatic rings. The largest absolute Gasteiger partial charge is 0.443 e. The first-order valence-electron chi connectivity index (χ1n) is 5.07. The number of nitrogens with zero attached hydrogens (tertiary/aromatic N) is 1. The van der Waals surface area contributed by atoms with Crippen LogP contribution in [0.25, 0.3) is 0 Å². The number of rotatable bonds is 2. The van der Waals surface area contributed by atoms with E-state index in [0.29, 0.717) is 10.0 Å². The number of hydrogen-bond donors (Lipinski definition) is 1. The molecule has 0 aliphatic rings. The third-order valence-corrected chi connectivity index (χ3v) is 2.98. The third kappa shape index (κ3) is 5.19. The van der Waals surface area contributed by atoms with Crippen molar-refractivity contribution >= 4 is 34.7 Å². The number of ether oxygens (including phenoxy) is 1. The zero-order chi connectivity index (χ0) is 13.1. The van der Waals surface area contributed by atoms with Gasteiger partial charge >= 0.3 is 6.09 Å². The highest BCUT2D eigenvalue weighted by atomic mass is 35.5. The second-order valence-corrected chi connectivity index (χ2v) is 6.13. The Hall–Kier alpha value is -1.07. The zero-order valence-corrected chi connectivity index (χ0v) is 11.8. The average Bonchev–Trinajstić information content (AvgIpc) is 2.58. The lowest BCUT2D eigenvalue weighted by Gasteiger charge is -2.18. The molecule has 0 aromatic carbocycles. The van der Waals surface area contributed by atoms with Gasteiger partial charge in [0.2, 0.25) is 0 Å². The Morgan fingerprint density at radius 2 is 2.12 bits per heavy atom. The summed E-state index contributed by atoms with van der Waals surface area (Å²) in [5.41, 5.74) is 2.50. The molecule has 6 heteroatoms. The van der Waals surface area contributed by atoms with Gasteiger partial charge in [-0.2, -0.15) is 5.10 Å². The molecular weight excluding hydrogens is 260 g/mol. The second kappa shape index (κ2) is 5.51. The molecule has 0 saturated heterocycles. The molecule has 4 nitrogen and oxygen atoms in total. The summed E-state index contributed by atoms with van der Waals surface area (Å²) in [4.78, 5) is 12.2. The van der Waals surface area contributed by atoms with Crippen LogP contribution in [0.2, 0.25) is 4.34 Å². The molecule has 17 heavy (non-hydrogen) atoms. The number of carbonyl (C=O) groups is 1. The van der Waals surface area contributed by atoms with Gasteiger partial charge in [-0.3, -0.25) is 0 Å². The molecule has 0 unspecified atom stereocenters. The summed E-state index contributed by atoms with van der Waals surface area (Å²) in [6, 6.07) is 3.64. The predicted molar refractivity (Wildman–Crippen MR) is 70.9 cm³/mol. The Morgan fingerprint density at radius 1 is 1.47 bits per heavy atom. The molecule has 0 aliphatic carbocycles. The summed E-state index contributed by atoms with van der Waals surface area (Å²) in [5, 5.41) is 3.94. The SMILES string of the molecule is C/C(=N/NC(=O)OC(C)(C)C)c1ccc(Cl)s1. The normalized spacial score (nSPS) is 12.4. The van der Waals surface area contributed by atoms with E-state index in [-0.39, 0.29) is 0 Å². The monoisotopic (exact) mass is 274 g/mol. The van der Waals surface area contributed by atoms with Crippen LogP contribution in [-0.4, -0.2) is 17.4 Å². The van der Waals surface area contributed by atoms with Gasteiger partial charge in [-0.1, -0.05) is 11.6 Å². The second-order valence-electron chi connectivity index (χ2n) is 4.41. The van der Waals surface area contributed by atoms with Gasteiger partial charge in [0, 0.05) is 0 Å². The predicted octanol–water partition coefficient (Wildman–Crippen LogP) is 3.65. The molecule has 0 fully saturated rings. The quantitative estimate of drug-likeness (QED) is 0.661. The highest BCUT2D eigenvalue weighted by Crippen LogP contribution is 2.21. The Bertz CT molecular complexity index is 435. The summed E-state index contributed by atoms with van der Waals surface area (Å²) >= 11 is 7.21. The summed E-state index contributed by atoms with van der Waals surface area (Å²) in [5.74, 6) is 0. The van der Waals surface area contributed by atoms with E-state index in [0.717, 1.165) is 4.88 Å². The smallest absolute Gasteiger partial charge is 0.428 e. The van der Waals surface area contributed by atoms with Crippen molar-refractivity contribution in [3.63, 3.8) is 0 Å². The van der Waals surface area contributed by atoms with Gasteiger partial charge in [-0.05, 0) is 39.8 Å². The van der Waals surface area contributed by atoms with Gasteiger partial charge < -0.3 is 4.74 Å². The number of carbonyl (C=O) groups excluding carboxylic acids is 1. The molecule has 1 aromatic heterocycles. The average molecular weight is 275 g/mol. The van der Waals surface area contributed by atoms with E-state index in [1.165, 1.54) is 11.3 Å². The van der Waals surface area contributed by atoms with Gasteiger partial charge in [-0.15, -0.1) is 11.3 Å². The molecule has 1 amide bonds. The highest BCUT2D eigenvalue weighted by molar-refractivity contribution is 7.18. The van der Waals surface area contributed by atoms with E-state index >= 15 is 0 Å². The topological polar surface area (TPSA) is 50.7 Å². The van der Waals surface area contributed by atoms with Crippen LogP contribution < -0.4 is 5.43 Å². The van der Waals surface area contributed by atoms with E-state index in [9.17, 15) is 4.79 Å². The molecule has 0 spiro atoms. The first kappa shape index (κ1) is 14.0. The van der Waals surface area contributed by atoms with Gasteiger partial charge in [-0.25, -0.2) is 10.2 Å². The molecule has 1 N–H and O–H groups in total. The molecule has 0 bridgehead atoms. The molecule has 0 radical (unpaired) electrons. The molecule has 0 aliphatic heterocycles. The lowest BCUT2D eigenvalue weighted by Crippen LogP contribution is -2.30. The van der Waals surface area contributed by atoms with Crippen LogP contribution in [0.15, 0.2) is 17.2 Å². The maximum Gasteiger partial charge on any atom is 0.428 e. The molecule has 1 heterocycles. The van der Waals surface area contributed by atoms with Crippen molar-refractivity contribution < 1.29 is 9.53 Å². The molecule has 94 valence electrons.